The molecule has 1 atom stereocenters. The standard InChI is InChI=1S/C13H18N2O3S/c1-13(2,3)18-12(17)9-5-4-6-15(9)11(16)10-7-14-8-19-10/h7-9H,4-6H2,1-3H3/t9-/m1/s1. The molecule has 1 aliphatic rings. The first kappa shape index (κ1) is 14.0. The van der Waals surface area contributed by atoms with E-state index >= 15 is 0 Å². The van der Waals surface area contributed by atoms with E-state index in [0.717, 1.165) is 6.42 Å². The molecular weight excluding hydrogens is 264 g/mol. The molecule has 1 saturated heterocycles. The van der Waals surface area contributed by atoms with Gasteiger partial charge in [-0.05, 0) is 33.6 Å². The molecule has 0 aliphatic carbocycles. The monoisotopic (exact) mass is 282 g/mol. The molecule has 6 heteroatoms. The van der Waals surface area contributed by atoms with Gasteiger partial charge in [0.1, 0.15) is 16.5 Å². The fraction of sp³-hybridized carbons (Fsp3) is 0.615. The van der Waals surface area contributed by atoms with Gasteiger partial charge in [0.2, 0.25) is 0 Å². The lowest BCUT2D eigenvalue weighted by Crippen LogP contribution is -2.43. The van der Waals surface area contributed by atoms with Crippen molar-refractivity contribution in [1.82, 2.24) is 9.88 Å². The van der Waals surface area contributed by atoms with Crippen LogP contribution in [0.15, 0.2) is 11.7 Å². The predicted molar refractivity (Wildman–Crippen MR) is 72.0 cm³/mol. The Kier molecular flexibility index (Phi) is 3.89. The Morgan fingerprint density at radius 1 is 1.47 bits per heavy atom. The molecule has 0 radical (unpaired) electrons. The number of carbonyl (C=O) groups is 2. The summed E-state index contributed by atoms with van der Waals surface area (Å²) >= 11 is 1.29. The van der Waals surface area contributed by atoms with Crippen LogP contribution in [0.2, 0.25) is 0 Å². The maximum atomic E-state index is 12.3. The molecule has 0 spiro atoms. The fourth-order valence-electron chi connectivity index (χ4n) is 2.09. The van der Waals surface area contributed by atoms with Crippen LogP contribution in [0, 0.1) is 0 Å². The third kappa shape index (κ3) is 3.32. The number of esters is 1. The fourth-order valence-corrected chi connectivity index (χ4v) is 2.66. The van der Waals surface area contributed by atoms with Gasteiger partial charge in [0.05, 0.1) is 11.7 Å². The van der Waals surface area contributed by atoms with E-state index in [1.807, 2.05) is 20.8 Å². The molecular formula is C13H18N2O3S. The van der Waals surface area contributed by atoms with E-state index < -0.39 is 11.6 Å². The first-order valence-electron chi connectivity index (χ1n) is 6.31. The maximum absolute atomic E-state index is 12.3. The summed E-state index contributed by atoms with van der Waals surface area (Å²) in [5.41, 5.74) is 1.09. The highest BCUT2D eigenvalue weighted by Gasteiger charge is 2.37. The smallest absolute Gasteiger partial charge is 0.329 e. The third-order valence-electron chi connectivity index (χ3n) is 2.84. The first-order chi connectivity index (χ1) is 8.88. The number of carbonyl (C=O) groups excluding carboxylic acids is 2. The van der Waals surface area contributed by atoms with E-state index in [1.165, 1.54) is 17.5 Å². The van der Waals surface area contributed by atoms with E-state index in [0.29, 0.717) is 17.8 Å². The van der Waals surface area contributed by atoms with Crippen LogP contribution in [0.5, 0.6) is 0 Å². The summed E-state index contributed by atoms with van der Waals surface area (Å²) < 4.78 is 5.37. The number of hydrogen-bond acceptors (Lipinski definition) is 5. The van der Waals surface area contributed by atoms with Crippen molar-refractivity contribution in [1.29, 1.82) is 0 Å². The number of aromatic nitrogens is 1. The first-order valence-corrected chi connectivity index (χ1v) is 7.19. The molecule has 1 aliphatic heterocycles. The Morgan fingerprint density at radius 3 is 2.79 bits per heavy atom. The molecule has 0 bridgehead atoms. The van der Waals surface area contributed by atoms with Crippen LogP contribution < -0.4 is 0 Å². The van der Waals surface area contributed by atoms with Gasteiger partial charge in [-0.3, -0.25) is 9.78 Å². The summed E-state index contributed by atoms with van der Waals surface area (Å²) in [7, 11) is 0. The lowest BCUT2D eigenvalue weighted by molar-refractivity contribution is -0.159. The van der Waals surface area contributed by atoms with Crippen LogP contribution in [-0.2, 0) is 9.53 Å². The van der Waals surface area contributed by atoms with Gasteiger partial charge in [-0.25, -0.2) is 4.79 Å². The van der Waals surface area contributed by atoms with Gasteiger partial charge in [0.15, 0.2) is 0 Å². The summed E-state index contributed by atoms with van der Waals surface area (Å²) in [6.07, 6.45) is 3.03. The van der Waals surface area contributed by atoms with Gasteiger partial charge in [-0.2, -0.15) is 0 Å². The molecule has 0 saturated carbocycles. The van der Waals surface area contributed by atoms with Gasteiger partial charge in [0.25, 0.3) is 5.91 Å². The lowest BCUT2D eigenvalue weighted by atomic mass is 10.1. The molecule has 19 heavy (non-hydrogen) atoms. The number of hydrogen-bond donors (Lipinski definition) is 0. The van der Waals surface area contributed by atoms with Crippen LogP contribution in [-0.4, -0.2) is 39.9 Å². The van der Waals surface area contributed by atoms with E-state index in [1.54, 1.807) is 10.4 Å². The van der Waals surface area contributed by atoms with Gasteiger partial charge < -0.3 is 9.64 Å². The van der Waals surface area contributed by atoms with Crippen LogP contribution in [0.4, 0.5) is 0 Å². The molecule has 0 aromatic carbocycles. The second-order valence-corrected chi connectivity index (χ2v) is 6.44. The lowest BCUT2D eigenvalue weighted by Gasteiger charge is -2.27. The molecule has 104 valence electrons. The third-order valence-corrected chi connectivity index (χ3v) is 3.60. The predicted octanol–water partition coefficient (Wildman–Crippen LogP) is 2.09. The topological polar surface area (TPSA) is 59.5 Å². The SMILES string of the molecule is CC(C)(C)OC(=O)[C@H]1CCCN1C(=O)c1cncs1. The Bertz CT molecular complexity index is 465. The number of nitrogens with zero attached hydrogens (tertiary/aromatic N) is 2. The summed E-state index contributed by atoms with van der Waals surface area (Å²) in [6, 6.07) is -0.464. The van der Waals surface area contributed by atoms with Crippen molar-refractivity contribution >= 4 is 23.2 Å². The Hall–Kier alpha value is -1.43. The highest BCUT2D eigenvalue weighted by atomic mass is 32.1. The second kappa shape index (κ2) is 5.28. The molecule has 1 aromatic rings. The maximum Gasteiger partial charge on any atom is 0.329 e. The molecule has 1 amide bonds. The Morgan fingerprint density at radius 2 is 2.21 bits per heavy atom. The summed E-state index contributed by atoms with van der Waals surface area (Å²) in [5, 5.41) is 0. The highest BCUT2D eigenvalue weighted by molar-refractivity contribution is 7.11. The Balaban J connectivity index is 2.09. The number of rotatable bonds is 2. The Labute approximate surface area is 116 Å². The molecule has 5 nitrogen and oxygen atoms in total. The summed E-state index contributed by atoms with van der Waals surface area (Å²) in [4.78, 5) is 30.5. The average molecular weight is 282 g/mol. The zero-order valence-corrected chi connectivity index (χ0v) is 12.2. The number of thiazole rings is 1. The number of amides is 1. The highest BCUT2D eigenvalue weighted by Crippen LogP contribution is 2.24. The van der Waals surface area contributed by atoms with Crippen molar-refractivity contribution < 1.29 is 14.3 Å². The zero-order valence-electron chi connectivity index (χ0n) is 11.4. The van der Waals surface area contributed by atoms with Crippen LogP contribution in [0.3, 0.4) is 0 Å². The van der Waals surface area contributed by atoms with Crippen LogP contribution >= 0.6 is 11.3 Å². The largest absolute Gasteiger partial charge is 0.458 e. The van der Waals surface area contributed by atoms with Crippen LogP contribution in [0.25, 0.3) is 0 Å². The quantitative estimate of drug-likeness (QED) is 0.779. The minimum Gasteiger partial charge on any atom is -0.458 e. The van der Waals surface area contributed by atoms with Gasteiger partial charge in [-0.15, -0.1) is 11.3 Å². The van der Waals surface area contributed by atoms with Crippen molar-refractivity contribution in [2.24, 2.45) is 0 Å². The number of likely N-dealkylation sites (tertiary alicyclic amines) is 1. The molecule has 2 rings (SSSR count). The van der Waals surface area contributed by atoms with E-state index in [4.69, 9.17) is 4.74 Å². The molecule has 0 N–H and O–H groups in total. The van der Waals surface area contributed by atoms with E-state index in [-0.39, 0.29) is 11.9 Å². The average Bonchev–Trinajstić information content (AvgIpc) is 2.97. The van der Waals surface area contributed by atoms with Gasteiger partial charge in [-0.1, -0.05) is 0 Å². The van der Waals surface area contributed by atoms with Crippen molar-refractivity contribution in [2.75, 3.05) is 6.54 Å². The summed E-state index contributed by atoms with van der Waals surface area (Å²) in [6.45, 7) is 6.08. The molecule has 1 fully saturated rings. The van der Waals surface area contributed by atoms with E-state index in [2.05, 4.69) is 4.98 Å². The minimum atomic E-state index is -0.529. The molecule has 2 heterocycles. The number of ether oxygens (including phenoxy) is 1. The van der Waals surface area contributed by atoms with Crippen molar-refractivity contribution in [3.63, 3.8) is 0 Å². The van der Waals surface area contributed by atoms with Gasteiger partial charge in [0, 0.05) is 6.54 Å². The van der Waals surface area contributed by atoms with E-state index in [9.17, 15) is 9.59 Å². The summed E-state index contributed by atoms with van der Waals surface area (Å²) in [5.74, 6) is -0.446. The molecule has 0 unspecified atom stereocenters. The zero-order chi connectivity index (χ0) is 14.0. The van der Waals surface area contributed by atoms with Crippen molar-refractivity contribution in [3.8, 4) is 0 Å². The van der Waals surface area contributed by atoms with Crippen molar-refractivity contribution in [3.05, 3.63) is 16.6 Å². The minimum absolute atomic E-state index is 0.129. The molecule has 1 aromatic heterocycles. The van der Waals surface area contributed by atoms with Crippen molar-refractivity contribution in [2.45, 2.75) is 45.3 Å². The van der Waals surface area contributed by atoms with Crippen LogP contribution in [0.1, 0.15) is 43.3 Å². The second-order valence-electron chi connectivity index (χ2n) is 5.56. The normalized spacial score (nSPS) is 19.5. The van der Waals surface area contributed by atoms with Gasteiger partial charge >= 0.3 is 5.97 Å².